The molecule has 216 valence electrons. The Morgan fingerprint density at radius 2 is 1.46 bits per heavy atom. The third-order valence-electron chi connectivity index (χ3n) is 5.48. The molecule has 15 heteroatoms. The Kier molecular flexibility index (Phi) is 15.0. The first kappa shape index (κ1) is 33.2. The number of hydrogen-bond donors (Lipinski definition) is 8. The zero-order chi connectivity index (χ0) is 29.4. The molecule has 0 fully saturated rings. The molecule has 39 heavy (non-hydrogen) atoms. The molecule has 0 heterocycles. The van der Waals surface area contributed by atoms with Crippen molar-refractivity contribution in [3.05, 3.63) is 35.9 Å². The summed E-state index contributed by atoms with van der Waals surface area (Å²) in [6.07, 6.45) is 2.02. The van der Waals surface area contributed by atoms with E-state index >= 15 is 0 Å². The maximum Gasteiger partial charge on any atom is 0.326 e. The molecule has 4 amide bonds. The Labute approximate surface area is 231 Å². The van der Waals surface area contributed by atoms with Gasteiger partial charge in [0.15, 0.2) is 5.96 Å². The van der Waals surface area contributed by atoms with E-state index in [2.05, 4.69) is 20.9 Å². The first-order valence-electron chi connectivity index (χ1n) is 12.2. The second kappa shape index (κ2) is 17.6. The van der Waals surface area contributed by atoms with E-state index in [1.165, 1.54) is 11.8 Å². The molecule has 12 N–H and O–H groups in total. The summed E-state index contributed by atoms with van der Waals surface area (Å²) in [6.45, 7) is 0.172. The minimum atomic E-state index is -1.28. The van der Waals surface area contributed by atoms with Crippen LogP contribution >= 0.6 is 11.8 Å². The molecule has 1 rings (SSSR count). The number of nitrogens with one attached hydrogen (secondary N) is 3. The van der Waals surface area contributed by atoms with Gasteiger partial charge in [-0.15, -0.1) is 0 Å². The molecule has 1 aromatic rings. The van der Waals surface area contributed by atoms with Crippen LogP contribution in [0.2, 0.25) is 0 Å². The first-order chi connectivity index (χ1) is 18.4. The number of guanidine groups is 1. The van der Waals surface area contributed by atoms with Crippen molar-refractivity contribution in [1.82, 2.24) is 16.0 Å². The fourth-order valence-electron chi connectivity index (χ4n) is 3.46. The van der Waals surface area contributed by atoms with Gasteiger partial charge in [0, 0.05) is 13.0 Å². The average Bonchev–Trinajstić information content (AvgIpc) is 2.87. The van der Waals surface area contributed by atoms with Crippen LogP contribution in [-0.4, -0.2) is 83.4 Å². The SMILES string of the molecule is CSCCC(NC(=O)C(CCCN=C(N)N)NC(=O)C(N)CC(N)=O)C(=O)NC(Cc1ccccc1)C(=O)O. The van der Waals surface area contributed by atoms with Crippen LogP contribution < -0.4 is 38.9 Å². The number of aliphatic carboxylic acids is 1. The molecule has 0 bridgehead atoms. The normalized spacial score (nSPS) is 13.7. The molecule has 0 radical (unpaired) electrons. The van der Waals surface area contributed by atoms with Gasteiger partial charge in [-0.3, -0.25) is 24.2 Å². The molecule has 0 aliphatic carbocycles. The van der Waals surface area contributed by atoms with Gasteiger partial charge in [-0.1, -0.05) is 30.3 Å². The standard InChI is InChI=1S/C24H38N8O6S/c1-39-11-9-17(22(36)32-18(23(37)38)12-14-6-3-2-4-7-14)31-21(35)16(8-5-10-29-24(27)28)30-20(34)15(25)13-19(26)33/h2-4,6-7,15-18H,5,8-13,25H2,1H3,(H2,26,33)(H,30,34)(H,31,35)(H,32,36)(H,37,38)(H4,27,28,29). The lowest BCUT2D eigenvalue weighted by molar-refractivity contribution is -0.142. The molecule has 1 aromatic carbocycles. The van der Waals surface area contributed by atoms with Crippen LogP contribution in [0.4, 0.5) is 0 Å². The number of thioether (sulfide) groups is 1. The highest BCUT2D eigenvalue weighted by atomic mass is 32.2. The molecule has 0 saturated heterocycles. The van der Waals surface area contributed by atoms with Gasteiger partial charge < -0.3 is 44.0 Å². The zero-order valence-corrected chi connectivity index (χ0v) is 22.6. The quantitative estimate of drug-likeness (QED) is 0.0539. The summed E-state index contributed by atoms with van der Waals surface area (Å²) in [5.74, 6) is -3.83. The number of benzene rings is 1. The minimum absolute atomic E-state index is 0.0479. The van der Waals surface area contributed by atoms with E-state index in [1.54, 1.807) is 30.3 Å². The molecule has 0 aliphatic rings. The molecule has 4 unspecified atom stereocenters. The van der Waals surface area contributed by atoms with Gasteiger partial charge in [-0.05, 0) is 36.8 Å². The van der Waals surface area contributed by atoms with Crippen LogP contribution in [0.3, 0.4) is 0 Å². The molecule has 0 saturated carbocycles. The lowest BCUT2D eigenvalue weighted by Gasteiger charge is -2.25. The molecule has 14 nitrogen and oxygen atoms in total. The number of rotatable bonds is 18. The molecule has 0 spiro atoms. The number of carbonyl (C=O) groups excluding carboxylic acids is 4. The van der Waals surface area contributed by atoms with Crippen molar-refractivity contribution in [3.63, 3.8) is 0 Å². The van der Waals surface area contributed by atoms with Gasteiger partial charge in [0.25, 0.3) is 0 Å². The van der Waals surface area contributed by atoms with E-state index in [0.717, 1.165) is 0 Å². The van der Waals surface area contributed by atoms with Crippen LogP contribution in [0.25, 0.3) is 0 Å². The number of hydrogen-bond acceptors (Lipinski definition) is 8. The lowest BCUT2D eigenvalue weighted by atomic mass is 10.0. The number of aliphatic imine (C=N–C) groups is 1. The highest BCUT2D eigenvalue weighted by Gasteiger charge is 2.30. The third-order valence-corrected chi connectivity index (χ3v) is 6.12. The summed E-state index contributed by atoms with van der Waals surface area (Å²) in [4.78, 5) is 65.6. The van der Waals surface area contributed by atoms with Crippen molar-refractivity contribution in [2.75, 3.05) is 18.6 Å². The number of amides is 4. The minimum Gasteiger partial charge on any atom is -0.480 e. The summed E-state index contributed by atoms with van der Waals surface area (Å²) in [5.41, 5.74) is 22.2. The second-order valence-corrected chi connectivity index (χ2v) is 9.70. The van der Waals surface area contributed by atoms with Gasteiger partial charge in [0.1, 0.15) is 18.1 Å². The Hall–Kier alpha value is -3.85. The largest absolute Gasteiger partial charge is 0.480 e. The number of carboxylic acid groups (broad SMARTS) is 1. The van der Waals surface area contributed by atoms with E-state index in [1.807, 2.05) is 6.26 Å². The van der Waals surface area contributed by atoms with Crippen LogP contribution in [0.15, 0.2) is 35.3 Å². The Morgan fingerprint density at radius 1 is 0.897 bits per heavy atom. The van der Waals surface area contributed by atoms with Crippen molar-refractivity contribution < 1.29 is 29.1 Å². The van der Waals surface area contributed by atoms with Crippen molar-refractivity contribution in [3.8, 4) is 0 Å². The number of carboxylic acids is 1. The fourth-order valence-corrected chi connectivity index (χ4v) is 3.93. The van der Waals surface area contributed by atoms with E-state index in [0.29, 0.717) is 17.7 Å². The summed E-state index contributed by atoms with van der Waals surface area (Å²) in [7, 11) is 0. The monoisotopic (exact) mass is 566 g/mol. The van der Waals surface area contributed by atoms with E-state index in [9.17, 15) is 29.1 Å². The highest BCUT2D eigenvalue weighted by molar-refractivity contribution is 7.98. The summed E-state index contributed by atoms with van der Waals surface area (Å²) in [6, 6.07) is 4.06. The number of nitrogens with two attached hydrogens (primary N) is 4. The van der Waals surface area contributed by atoms with E-state index < -0.39 is 60.2 Å². The number of nitrogens with zero attached hydrogens (tertiary/aromatic N) is 1. The van der Waals surface area contributed by atoms with Gasteiger partial charge >= 0.3 is 5.97 Å². The Morgan fingerprint density at radius 3 is 2.00 bits per heavy atom. The lowest BCUT2D eigenvalue weighted by Crippen LogP contribution is -2.57. The number of carbonyl (C=O) groups is 5. The predicted octanol–water partition coefficient (Wildman–Crippen LogP) is -2.22. The van der Waals surface area contributed by atoms with Crippen LogP contribution in [0, 0.1) is 0 Å². The molecule has 0 aromatic heterocycles. The third kappa shape index (κ3) is 13.5. The van der Waals surface area contributed by atoms with Gasteiger partial charge in [0.2, 0.25) is 23.6 Å². The topological polar surface area (TPSA) is 258 Å². The maximum atomic E-state index is 13.2. The van der Waals surface area contributed by atoms with E-state index in [-0.39, 0.29) is 31.8 Å². The predicted molar refractivity (Wildman–Crippen MR) is 148 cm³/mol. The first-order valence-corrected chi connectivity index (χ1v) is 13.6. The molecule has 0 aliphatic heterocycles. The second-order valence-electron chi connectivity index (χ2n) is 8.72. The summed E-state index contributed by atoms with van der Waals surface area (Å²) < 4.78 is 0. The fraction of sp³-hybridized carbons (Fsp3) is 0.500. The molecular weight excluding hydrogens is 528 g/mol. The van der Waals surface area contributed by atoms with Crippen LogP contribution in [0.5, 0.6) is 0 Å². The van der Waals surface area contributed by atoms with Crippen molar-refractivity contribution in [2.45, 2.75) is 56.3 Å². The Balaban J connectivity index is 3.03. The Bertz CT molecular complexity index is 1010. The number of primary amides is 1. The smallest absolute Gasteiger partial charge is 0.326 e. The van der Waals surface area contributed by atoms with Gasteiger partial charge in [-0.2, -0.15) is 11.8 Å². The van der Waals surface area contributed by atoms with Crippen LogP contribution in [-0.2, 0) is 30.4 Å². The maximum absolute atomic E-state index is 13.2. The zero-order valence-electron chi connectivity index (χ0n) is 21.8. The summed E-state index contributed by atoms with van der Waals surface area (Å²) in [5, 5.41) is 17.2. The average molecular weight is 567 g/mol. The summed E-state index contributed by atoms with van der Waals surface area (Å²) >= 11 is 1.43. The van der Waals surface area contributed by atoms with Crippen LogP contribution in [0.1, 0.15) is 31.2 Å². The van der Waals surface area contributed by atoms with E-state index in [4.69, 9.17) is 22.9 Å². The van der Waals surface area contributed by atoms with Crippen molar-refractivity contribution in [1.29, 1.82) is 0 Å². The molecule has 4 atom stereocenters. The van der Waals surface area contributed by atoms with Gasteiger partial charge in [0.05, 0.1) is 12.5 Å². The van der Waals surface area contributed by atoms with Crippen molar-refractivity contribution >= 4 is 47.3 Å². The van der Waals surface area contributed by atoms with Crippen molar-refractivity contribution in [2.24, 2.45) is 27.9 Å². The van der Waals surface area contributed by atoms with Gasteiger partial charge in [-0.25, -0.2) is 4.79 Å². The highest BCUT2D eigenvalue weighted by Crippen LogP contribution is 2.08. The molecular formula is C24H38N8O6S.